The maximum atomic E-state index is 12.0. The summed E-state index contributed by atoms with van der Waals surface area (Å²) >= 11 is 0. The van der Waals surface area contributed by atoms with E-state index in [0.717, 1.165) is 5.56 Å². The van der Waals surface area contributed by atoms with Crippen molar-refractivity contribution >= 4 is 27.6 Å². The lowest BCUT2D eigenvalue weighted by molar-refractivity contribution is -0.121. The quantitative estimate of drug-likeness (QED) is 0.573. The molecule has 27 heavy (non-hydrogen) atoms. The van der Waals surface area contributed by atoms with Crippen LogP contribution in [0, 0.1) is 0 Å². The molecule has 0 fully saturated rings. The summed E-state index contributed by atoms with van der Waals surface area (Å²) in [5.74, 6) is -0.238. The fourth-order valence-corrected chi connectivity index (χ4v) is 2.84. The van der Waals surface area contributed by atoms with E-state index >= 15 is 0 Å². The van der Waals surface area contributed by atoms with Gasteiger partial charge in [-0.15, -0.1) is 0 Å². The zero-order chi connectivity index (χ0) is 19.9. The first-order valence-corrected chi connectivity index (χ1v) is 9.82. The van der Waals surface area contributed by atoms with E-state index in [2.05, 4.69) is 16.0 Å². The number of para-hydroxylation sites is 1. The van der Waals surface area contributed by atoms with Gasteiger partial charge in [-0.05, 0) is 36.8 Å². The summed E-state index contributed by atoms with van der Waals surface area (Å²) in [6, 6.07) is 14.2. The highest BCUT2D eigenvalue weighted by atomic mass is 32.2. The number of primary sulfonamides is 1. The number of urea groups is 1. The van der Waals surface area contributed by atoms with Crippen molar-refractivity contribution in [3.8, 4) is 0 Å². The van der Waals surface area contributed by atoms with Crippen LogP contribution in [0.1, 0.15) is 24.9 Å². The number of anilines is 1. The molecule has 2 aromatic carbocycles. The minimum Gasteiger partial charge on any atom is -0.350 e. The van der Waals surface area contributed by atoms with Gasteiger partial charge < -0.3 is 16.0 Å². The summed E-state index contributed by atoms with van der Waals surface area (Å²) in [4.78, 5) is 23.7. The molecule has 0 saturated heterocycles. The minimum absolute atomic E-state index is 0.0124. The summed E-state index contributed by atoms with van der Waals surface area (Å²) in [5, 5.41) is 13.1. The van der Waals surface area contributed by atoms with Crippen LogP contribution < -0.4 is 21.1 Å². The summed E-state index contributed by atoms with van der Waals surface area (Å²) in [5.41, 5.74) is 1.40. The first kappa shape index (κ1) is 20.4. The van der Waals surface area contributed by atoms with Gasteiger partial charge in [-0.3, -0.25) is 4.79 Å². The second-order valence-electron chi connectivity index (χ2n) is 5.90. The van der Waals surface area contributed by atoms with Crippen LogP contribution in [0.2, 0.25) is 0 Å². The third-order valence-electron chi connectivity index (χ3n) is 3.76. The number of sulfonamides is 1. The molecule has 1 atom stereocenters. The maximum absolute atomic E-state index is 12.0. The van der Waals surface area contributed by atoms with Crippen LogP contribution in [0.4, 0.5) is 10.5 Å². The van der Waals surface area contributed by atoms with Crippen LogP contribution in [0.25, 0.3) is 0 Å². The summed E-state index contributed by atoms with van der Waals surface area (Å²) in [7, 11) is -3.74. The van der Waals surface area contributed by atoms with Crippen molar-refractivity contribution in [1.82, 2.24) is 10.6 Å². The molecule has 0 radical (unpaired) electrons. The number of hydrogen-bond acceptors (Lipinski definition) is 4. The van der Waals surface area contributed by atoms with Crippen molar-refractivity contribution in [2.75, 3.05) is 11.9 Å². The fraction of sp³-hybridized carbons (Fsp3) is 0.222. The van der Waals surface area contributed by atoms with Crippen molar-refractivity contribution in [2.24, 2.45) is 5.14 Å². The molecule has 8 nitrogen and oxygen atoms in total. The van der Waals surface area contributed by atoms with E-state index < -0.39 is 10.0 Å². The van der Waals surface area contributed by atoms with Crippen molar-refractivity contribution in [3.63, 3.8) is 0 Å². The molecule has 0 spiro atoms. The molecular formula is C18H22N4O4S. The number of carbonyl (C=O) groups excluding carboxylic acids is 2. The van der Waals surface area contributed by atoms with E-state index in [4.69, 9.17) is 5.14 Å². The Labute approximate surface area is 158 Å². The average molecular weight is 390 g/mol. The second-order valence-corrected chi connectivity index (χ2v) is 7.46. The summed E-state index contributed by atoms with van der Waals surface area (Å²) in [6.45, 7) is 1.96. The molecule has 2 aromatic rings. The highest BCUT2D eigenvalue weighted by Crippen LogP contribution is 2.15. The topological polar surface area (TPSA) is 130 Å². The molecule has 0 heterocycles. The zero-order valence-electron chi connectivity index (χ0n) is 14.8. The predicted molar refractivity (Wildman–Crippen MR) is 102 cm³/mol. The van der Waals surface area contributed by atoms with Crippen LogP contribution in [-0.2, 0) is 14.8 Å². The molecule has 1 unspecified atom stereocenters. The van der Waals surface area contributed by atoms with Crippen molar-refractivity contribution in [1.29, 1.82) is 0 Å². The number of nitrogens with two attached hydrogens (primary N) is 1. The number of carbonyl (C=O) groups is 2. The van der Waals surface area contributed by atoms with Gasteiger partial charge in [0.1, 0.15) is 0 Å². The number of nitrogens with one attached hydrogen (secondary N) is 3. The van der Waals surface area contributed by atoms with Crippen LogP contribution in [-0.4, -0.2) is 26.9 Å². The molecule has 144 valence electrons. The lowest BCUT2D eigenvalue weighted by Crippen LogP contribution is -2.34. The Morgan fingerprint density at radius 1 is 1.04 bits per heavy atom. The maximum Gasteiger partial charge on any atom is 0.319 e. The predicted octanol–water partition coefficient (Wildman–Crippen LogP) is 1.72. The smallest absolute Gasteiger partial charge is 0.319 e. The Hall–Kier alpha value is -2.91. The Balaban J connectivity index is 1.75. The van der Waals surface area contributed by atoms with Gasteiger partial charge in [-0.25, -0.2) is 18.4 Å². The molecule has 0 bridgehead atoms. The van der Waals surface area contributed by atoms with Crippen LogP contribution >= 0.6 is 0 Å². The standard InChI is InChI=1S/C18H22N4O4S/c1-13(14-7-9-16(10-8-14)27(19,25)26)21-17(23)11-12-20-18(24)22-15-5-3-2-4-6-15/h2-10,13H,11-12H2,1H3,(H,21,23)(H2,19,25,26)(H2,20,22,24). The van der Waals surface area contributed by atoms with Gasteiger partial charge in [0, 0.05) is 18.7 Å². The van der Waals surface area contributed by atoms with Crippen LogP contribution in [0.15, 0.2) is 59.5 Å². The molecule has 3 amide bonds. The van der Waals surface area contributed by atoms with Crippen LogP contribution in [0.5, 0.6) is 0 Å². The monoisotopic (exact) mass is 390 g/mol. The van der Waals surface area contributed by atoms with E-state index in [-0.39, 0.29) is 35.8 Å². The Morgan fingerprint density at radius 3 is 2.26 bits per heavy atom. The van der Waals surface area contributed by atoms with E-state index in [0.29, 0.717) is 5.69 Å². The minimum atomic E-state index is -3.74. The van der Waals surface area contributed by atoms with Crippen molar-refractivity contribution in [2.45, 2.75) is 24.3 Å². The average Bonchev–Trinajstić information content (AvgIpc) is 2.62. The van der Waals surface area contributed by atoms with Gasteiger partial charge in [0.25, 0.3) is 0 Å². The largest absolute Gasteiger partial charge is 0.350 e. The third-order valence-corrected chi connectivity index (χ3v) is 4.68. The summed E-state index contributed by atoms with van der Waals surface area (Å²) < 4.78 is 22.5. The summed E-state index contributed by atoms with van der Waals surface area (Å²) in [6.07, 6.45) is 0.113. The number of hydrogen-bond donors (Lipinski definition) is 4. The fourth-order valence-electron chi connectivity index (χ4n) is 2.33. The first-order valence-electron chi connectivity index (χ1n) is 8.28. The number of amides is 3. The van der Waals surface area contributed by atoms with Crippen molar-refractivity contribution < 1.29 is 18.0 Å². The van der Waals surface area contributed by atoms with Gasteiger partial charge in [0.2, 0.25) is 15.9 Å². The highest BCUT2D eigenvalue weighted by molar-refractivity contribution is 7.89. The van der Waals surface area contributed by atoms with E-state index in [9.17, 15) is 18.0 Å². The van der Waals surface area contributed by atoms with Gasteiger partial charge >= 0.3 is 6.03 Å². The molecule has 0 aromatic heterocycles. The SMILES string of the molecule is CC(NC(=O)CCNC(=O)Nc1ccccc1)c1ccc(S(N)(=O)=O)cc1. The molecule has 0 aliphatic carbocycles. The molecule has 9 heteroatoms. The number of benzene rings is 2. The Bertz CT molecular complexity index is 883. The van der Waals surface area contributed by atoms with Gasteiger partial charge in [-0.1, -0.05) is 30.3 Å². The Kier molecular flexibility index (Phi) is 6.91. The first-order chi connectivity index (χ1) is 12.8. The molecule has 0 aliphatic heterocycles. The van der Waals surface area contributed by atoms with E-state index in [1.807, 2.05) is 6.07 Å². The van der Waals surface area contributed by atoms with Crippen LogP contribution in [0.3, 0.4) is 0 Å². The molecule has 5 N–H and O–H groups in total. The second kappa shape index (κ2) is 9.15. The van der Waals surface area contributed by atoms with Crippen molar-refractivity contribution in [3.05, 3.63) is 60.2 Å². The van der Waals surface area contributed by atoms with E-state index in [1.54, 1.807) is 43.3 Å². The number of rotatable bonds is 7. The Morgan fingerprint density at radius 2 is 1.67 bits per heavy atom. The highest BCUT2D eigenvalue weighted by Gasteiger charge is 2.12. The molecule has 0 saturated carbocycles. The molecular weight excluding hydrogens is 368 g/mol. The van der Waals surface area contributed by atoms with Gasteiger partial charge in [0.15, 0.2) is 0 Å². The molecule has 0 aliphatic rings. The van der Waals surface area contributed by atoms with Gasteiger partial charge in [0.05, 0.1) is 10.9 Å². The normalized spacial score (nSPS) is 12.1. The van der Waals surface area contributed by atoms with E-state index in [1.165, 1.54) is 12.1 Å². The zero-order valence-corrected chi connectivity index (χ0v) is 15.6. The lowest BCUT2D eigenvalue weighted by Gasteiger charge is -2.15. The van der Waals surface area contributed by atoms with Gasteiger partial charge in [-0.2, -0.15) is 0 Å². The lowest BCUT2D eigenvalue weighted by atomic mass is 10.1. The third kappa shape index (κ3) is 6.72. The molecule has 2 rings (SSSR count).